The van der Waals surface area contributed by atoms with Crippen LogP contribution < -0.4 is 5.73 Å². The first-order chi connectivity index (χ1) is 7.74. The normalized spacial score (nSPS) is 12.6. The molecule has 0 bridgehead atoms. The van der Waals surface area contributed by atoms with E-state index in [1.54, 1.807) is 6.92 Å². The monoisotopic (exact) mass is 277 g/mol. The van der Waals surface area contributed by atoms with E-state index in [-0.39, 0.29) is 0 Å². The van der Waals surface area contributed by atoms with Crippen molar-refractivity contribution >= 4 is 39.8 Å². The Morgan fingerprint density at radius 2 is 2.24 bits per heavy atom. The molecule has 0 aromatic carbocycles. The Hall–Kier alpha value is -1.34. The third-order valence-electron chi connectivity index (χ3n) is 1.87. The molecule has 0 saturated heterocycles. The minimum Gasteiger partial charge on any atom is -0.478 e. The van der Waals surface area contributed by atoms with Crippen LogP contribution in [-0.4, -0.2) is 27.4 Å². The molecule has 0 fully saturated rings. The Morgan fingerprint density at radius 3 is 2.65 bits per heavy atom. The maximum absolute atomic E-state index is 10.8. The standard InChI is InChI=1S/C9H12ClN3O3S/c1-4(5-6(10)17-8(11)12-5)13-16-9(2,3)7(14)15/h1-3H3,(H2,11,12)(H,14,15)/b13-4+. The van der Waals surface area contributed by atoms with Crippen LogP contribution in [0.1, 0.15) is 26.5 Å². The Bertz CT molecular complexity index is 470. The van der Waals surface area contributed by atoms with Gasteiger partial charge in [0.1, 0.15) is 15.7 Å². The van der Waals surface area contributed by atoms with Gasteiger partial charge < -0.3 is 15.7 Å². The molecule has 0 saturated carbocycles. The smallest absolute Gasteiger partial charge is 0.350 e. The number of carboxylic acid groups (broad SMARTS) is 1. The molecule has 0 aliphatic heterocycles. The summed E-state index contributed by atoms with van der Waals surface area (Å²) < 4.78 is 0.389. The highest BCUT2D eigenvalue weighted by molar-refractivity contribution is 7.19. The molecule has 1 rings (SSSR count). The predicted octanol–water partition coefficient (Wildman–Crippen LogP) is 1.98. The van der Waals surface area contributed by atoms with E-state index in [1.165, 1.54) is 13.8 Å². The molecule has 17 heavy (non-hydrogen) atoms. The molecule has 1 aromatic rings. The van der Waals surface area contributed by atoms with Gasteiger partial charge in [0, 0.05) is 0 Å². The molecule has 0 unspecified atom stereocenters. The van der Waals surface area contributed by atoms with E-state index in [1.807, 2.05) is 0 Å². The van der Waals surface area contributed by atoms with E-state index in [2.05, 4.69) is 10.1 Å². The summed E-state index contributed by atoms with van der Waals surface area (Å²) in [5.41, 5.74) is 4.84. The second-order valence-corrected chi connectivity index (χ2v) is 5.39. The second-order valence-electron chi connectivity index (χ2n) is 3.76. The minimum atomic E-state index is -1.41. The quantitative estimate of drug-likeness (QED) is 0.648. The van der Waals surface area contributed by atoms with Gasteiger partial charge in [-0.1, -0.05) is 28.1 Å². The van der Waals surface area contributed by atoms with Gasteiger partial charge in [-0.15, -0.1) is 0 Å². The Labute approximate surface area is 107 Å². The number of carboxylic acids is 1. The summed E-state index contributed by atoms with van der Waals surface area (Å²) in [5, 5.41) is 12.8. The average Bonchev–Trinajstić information content (AvgIpc) is 2.54. The molecule has 0 atom stereocenters. The van der Waals surface area contributed by atoms with Crippen molar-refractivity contribution in [3.05, 3.63) is 10.0 Å². The van der Waals surface area contributed by atoms with Crippen LogP contribution in [0, 0.1) is 0 Å². The topological polar surface area (TPSA) is 97.8 Å². The number of thiazole rings is 1. The number of hydrogen-bond donors (Lipinski definition) is 2. The number of halogens is 1. The molecule has 8 heteroatoms. The molecule has 94 valence electrons. The lowest BCUT2D eigenvalue weighted by molar-refractivity contribution is -0.161. The van der Waals surface area contributed by atoms with Crippen molar-refractivity contribution in [1.29, 1.82) is 0 Å². The number of anilines is 1. The zero-order valence-electron chi connectivity index (χ0n) is 9.52. The molecule has 0 aliphatic carbocycles. The fourth-order valence-corrected chi connectivity index (χ4v) is 1.83. The number of hydrogen-bond acceptors (Lipinski definition) is 6. The highest BCUT2D eigenvalue weighted by Gasteiger charge is 2.30. The van der Waals surface area contributed by atoms with Crippen molar-refractivity contribution in [2.75, 3.05) is 5.73 Å². The van der Waals surface area contributed by atoms with Crippen LogP contribution >= 0.6 is 22.9 Å². The minimum absolute atomic E-state index is 0.317. The van der Waals surface area contributed by atoms with Crippen molar-refractivity contribution in [1.82, 2.24) is 4.98 Å². The van der Waals surface area contributed by atoms with Crippen molar-refractivity contribution in [3.8, 4) is 0 Å². The molecule has 3 N–H and O–H groups in total. The fourth-order valence-electron chi connectivity index (χ4n) is 0.805. The van der Waals surface area contributed by atoms with E-state index < -0.39 is 11.6 Å². The number of rotatable bonds is 4. The molecular weight excluding hydrogens is 266 g/mol. The molecule has 1 aromatic heterocycles. The van der Waals surface area contributed by atoms with Crippen molar-refractivity contribution in [3.63, 3.8) is 0 Å². The average molecular weight is 278 g/mol. The van der Waals surface area contributed by atoms with Gasteiger partial charge in [-0.2, -0.15) is 0 Å². The third-order valence-corrected chi connectivity index (χ3v) is 2.95. The SMILES string of the molecule is C/C(=N\OC(C)(C)C(=O)O)c1nc(N)sc1Cl. The fraction of sp³-hybridized carbons (Fsp3) is 0.444. The highest BCUT2D eigenvalue weighted by Crippen LogP contribution is 2.26. The van der Waals surface area contributed by atoms with Gasteiger partial charge >= 0.3 is 5.97 Å². The van der Waals surface area contributed by atoms with Crippen LogP contribution in [0.25, 0.3) is 0 Å². The lowest BCUT2D eigenvalue weighted by atomic mass is 10.1. The van der Waals surface area contributed by atoms with Gasteiger partial charge in [-0.25, -0.2) is 9.78 Å². The molecule has 0 spiro atoms. The second kappa shape index (κ2) is 4.89. The number of aromatic nitrogens is 1. The number of oxime groups is 1. The molecule has 0 radical (unpaired) electrons. The molecular formula is C9H12ClN3O3S. The predicted molar refractivity (Wildman–Crippen MR) is 66.5 cm³/mol. The lowest BCUT2D eigenvalue weighted by Crippen LogP contribution is -2.33. The van der Waals surface area contributed by atoms with Crippen molar-refractivity contribution < 1.29 is 14.7 Å². The Kier molecular flexibility index (Phi) is 3.94. The number of carbonyl (C=O) groups is 1. The van der Waals surface area contributed by atoms with Crippen LogP contribution in [0.5, 0.6) is 0 Å². The molecule has 0 amide bonds. The van der Waals surface area contributed by atoms with E-state index in [9.17, 15) is 4.79 Å². The van der Waals surface area contributed by atoms with E-state index in [0.29, 0.717) is 20.9 Å². The van der Waals surface area contributed by atoms with Crippen LogP contribution in [-0.2, 0) is 9.63 Å². The number of nitrogens with zero attached hydrogens (tertiary/aromatic N) is 2. The van der Waals surface area contributed by atoms with Crippen LogP contribution in [0.3, 0.4) is 0 Å². The summed E-state index contributed by atoms with van der Waals surface area (Å²) in [6, 6.07) is 0. The van der Waals surface area contributed by atoms with E-state index in [0.717, 1.165) is 11.3 Å². The van der Waals surface area contributed by atoms with Gasteiger partial charge in [0.25, 0.3) is 0 Å². The number of aliphatic carboxylic acids is 1. The third kappa shape index (κ3) is 3.31. The lowest BCUT2D eigenvalue weighted by Gasteiger charge is -2.16. The zero-order chi connectivity index (χ0) is 13.2. The van der Waals surface area contributed by atoms with Gasteiger partial charge in [0.2, 0.25) is 5.60 Å². The number of nitrogen functional groups attached to an aromatic ring is 1. The summed E-state index contributed by atoms with van der Waals surface area (Å²) in [6.45, 7) is 4.39. The maximum Gasteiger partial charge on any atom is 0.350 e. The maximum atomic E-state index is 10.8. The van der Waals surface area contributed by atoms with Gasteiger partial charge in [0.05, 0.1) is 0 Å². The first-order valence-corrected chi connectivity index (χ1v) is 5.82. The number of nitrogens with two attached hydrogens (primary N) is 1. The summed E-state index contributed by atoms with van der Waals surface area (Å²) in [5.74, 6) is -1.11. The van der Waals surface area contributed by atoms with E-state index >= 15 is 0 Å². The van der Waals surface area contributed by atoms with Gasteiger partial charge in [-0.05, 0) is 20.8 Å². The Balaban J connectivity index is 2.87. The van der Waals surface area contributed by atoms with Gasteiger partial charge in [-0.3, -0.25) is 0 Å². The molecule has 1 heterocycles. The first kappa shape index (κ1) is 13.7. The molecule has 6 nitrogen and oxygen atoms in total. The van der Waals surface area contributed by atoms with Crippen molar-refractivity contribution in [2.24, 2.45) is 5.16 Å². The molecule has 0 aliphatic rings. The summed E-state index contributed by atoms with van der Waals surface area (Å²) in [6.07, 6.45) is 0. The summed E-state index contributed by atoms with van der Waals surface area (Å²) in [4.78, 5) is 19.7. The van der Waals surface area contributed by atoms with Crippen molar-refractivity contribution in [2.45, 2.75) is 26.4 Å². The summed E-state index contributed by atoms with van der Waals surface area (Å²) in [7, 11) is 0. The van der Waals surface area contributed by atoms with Crippen LogP contribution in [0.15, 0.2) is 5.16 Å². The largest absolute Gasteiger partial charge is 0.478 e. The zero-order valence-corrected chi connectivity index (χ0v) is 11.1. The van der Waals surface area contributed by atoms with Crippen LogP contribution in [0.2, 0.25) is 4.34 Å². The van der Waals surface area contributed by atoms with Gasteiger partial charge in [0.15, 0.2) is 5.13 Å². The highest BCUT2D eigenvalue weighted by atomic mass is 35.5. The first-order valence-electron chi connectivity index (χ1n) is 4.62. The summed E-state index contributed by atoms with van der Waals surface area (Å²) >= 11 is 6.99. The Morgan fingerprint density at radius 1 is 1.65 bits per heavy atom. The van der Waals surface area contributed by atoms with E-state index in [4.69, 9.17) is 27.3 Å². The van der Waals surface area contributed by atoms with Crippen LogP contribution in [0.4, 0.5) is 5.13 Å².